The molecule has 0 saturated carbocycles. The van der Waals surface area contributed by atoms with Crippen LogP contribution < -0.4 is 4.74 Å². The Balaban J connectivity index is 3.39. The highest BCUT2D eigenvalue weighted by Crippen LogP contribution is 2.36. The third kappa shape index (κ3) is 3.62. The second-order valence-corrected chi connectivity index (χ2v) is 3.57. The van der Waals surface area contributed by atoms with Gasteiger partial charge >= 0.3 is 6.36 Å². The van der Waals surface area contributed by atoms with Gasteiger partial charge in [-0.25, -0.2) is 13.8 Å². The lowest BCUT2D eigenvalue weighted by molar-refractivity contribution is -0.275. The van der Waals surface area contributed by atoms with E-state index in [1.807, 2.05) is 0 Å². The Bertz CT molecular complexity index is 449. The second-order valence-electron chi connectivity index (χ2n) is 3.01. The van der Waals surface area contributed by atoms with Gasteiger partial charge in [0.05, 0.1) is 11.3 Å². The van der Waals surface area contributed by atoms with Crippen molar-refractivity contribution in [3.05, 3.63) is 23.0 Å². The van der Waals surface area contributed by atoms with Gasteiger partial charge in [-0.3, -0.25) is 4.79 Å². The molecule has 0 atom stereocenters. The molecule has 0 aliphatic carbocycles. The van der Waals surface area contributed by atoms with E-state index in [0.29, 0.717) is 6.07 Å². The fraction of sp³-hybridized carbons (Fsp3) is 0.333. The van der Waals surface area contributed by atoms with E-state index in [2.05, 4.69) is 25.7 Å². The summed E-state index contributed by atoms with van der Waals surface area (Å²) < 4.78 is 65.1. The van der Waals surface area contributed by atoms with E-state index < -0.39 is 35.5 Å². The van der Waals surface area contributed by atoms with Gasteiger partial charge in [0.2, 0.25) is 0 Å². The molecule has 0 radical (unpaired) electrons. The zero-order valence-corrected chi connectivity index (χ0v) is 10.1. The molecule has 1 heterocycles. The number of aldehydes is 1. The van der Waals surface area contributed by atoms with Crippen LogP contribution in [-0.4, -0.2) is 17.6 Å². The number of pyridine rings is 1. The first-order chi connectivity index (χ1) is 8.28. The van der Waals surface area contributed by atoms with Gasteiger partial charge in [-0.05, 0) is 6.07 Å². The van der Waals surface area contributed by atoms with E-state index in [1.54, 1.807) is 0 Å². The molecule has 1 rings (SSSR count). The lowest BCUT2D eigenvalue weighted by Crippen LogP contribution is -2.20. The molecule has 18 heavy (non-hydrogen) atoms. The van der Waals surface area contributed by atoms with Crippen molar-refractivity contribution in [3.8, 4) is 5.75 Å². The van der Waals surface area contributed by atoms with Crippen LogP contribution in [0.1, 0.15) is 28.2 Å². The van der Waals surface area contributed by atoms with E-state index >= 15 is 0 Å². The largest absolute Gasteiger partial charge is 0.573 e. The number of aromatic nitrogens is 1. The van der Waals surface area contributed by atoms with Gasteiger partial charge < -0.3 is 4.74 Å². The summed E-state index contributed by atoms with van der Waals surface area (Å²) in [5.74, 6) is -1.08. The van der Waals surface area contributed by atoms with Crippen molar-refractivity contribution in [2.24, 2.45) is 0 Å². The lowest BCUT2D eigenvalue weighted by Gasteiger charge is -2.15. The zero-order chi connectivity index (χ0) is 13.9. The second kappa shape index (κ2) is 5.59. The molecular weight excluding hydrogens is 329 g/mol. The summed E-state index contributed by atoms with van der Waals surface area (Å²) in [6.45, 7) is 0. The number of carbonyl (C=O) groups is 1. The Labute approximate surface area is 106 Å². The van der Waals surface area contributed by atoms with Crippen molar-refractivity contribution < 1.29 is 31.5 Å². The Morgan fingerprint density at radius 2 is 2.06 bits per heavy atom. The average Bonchev–Trinajstić information content (AvgIpc) is 2.26. The standard InChI is InChI=1S/C9H5BrF5NO2/c10-2-6-7(18-9(13,14)15)5(8(11)12)1-4(3-17)16-6/h1,3,8H,2H2. The molecule has 0 bridgehead atoms. The molecule has 0 aliphatic heterocycles. The molecule has 1 aromatic heterocycles. The van der Waals surface area contributed by atoms with Crippen LogP contribution in [0.3, 0.4) is 0 Å². The summed E-state index contributed by atoms with van der Waals surface area (Å²) in [6, 6.07) is 0.560. The Kier molecular flexibility index (Phi) is 4.60. The third-order valence-corrected chi connectivity index (χ3v) is 2.32. The Morgan fingerprint density at radius 3 is 2.44 bits per heavy atom. The maximum absolute atomic E-state index is 12.6. The van der Waals surface area contributed by atoms with Crippen LogP contribution in [-0.2, 0) is 5.33 Å². The monoisotopic (exact) mass is 333 g/mol. The van der Waals surface area contributed by atoms with Crippen molar-refractivity contribution in [2.45, 2.75) is 18.1 Å². The van der Waals surface area contributed by atoms with Crippen molar-refractivity contribution >= 4 is 22.2 Å². The maximum Gasteiger partial charge on any atom is 0.573 e. The number of rotatable bonds is 4. The summed E-state index contributed by atoms with van der Waals surface area (Å²) in [4.78, 5) is 13.9. The first kappa shape index (κ1) is 14.8. The topological polar surface area (TPSA) is 39.2 Å². The molecule has 0 aromatic carbocycles. The molecule has 0 amide bonds. The number of carbonyl (C=O) groups excluding carboxylic acids is 1. The average molecular weight is 334 g/mol. The quantitative estimate of drug-likeness (QED) is 0.480. The first-order valence-corrected chi connectivity index (χ1v) is 5.49. The molecule has 0 N–H and O–H groups in total. The minimum atomic E-state index is -5.12. The van der Waals surface area contributed by atoms with E-state index in [0.717, 1.165) is 0 Å². The van der Waals surface area contributed by atoms with Crippen LogP contribution >= 0.6 is 15.9 Å². The van der Waals surface area contributed by atoms with E-state index in [-0.39, 0.29) is 11.6 Å². The van der Waals surface area contributed by atoms with Crippen LogP contribution in [0.25, 0.3) is 0 Å². The summed E-state index contributed by atoms with van der Waals surface area (Å²) >= 11 is 2.79. The summed E-state index contributed by atoms with van der Waals surface area (Å²) in [5.41, 5.74) is -1.85. The minimum Gasteiger partial charge on any atom is -0.403 e. The number of hydrogen-bond acceptors (Lipinski definition) is 3. The number of ether oxygens (including phenoxy) is 1. The highest BCUT2D eigenvalue weighted by molar-refractivity contribution is 9.08. The first-order valence-electron chi connectivity index (χ1n) is 4.37. The van der Waals surface area contributed by atoms with Crippen LogP contribution in [0.4, 0.5) is 22.0 Å². The summed E-state index contributed by atoms with van der Waals surface area (Å²) in [6.07, 6.45) is -8.18. The number of alkyl halides is 6. The molecule has 3 nitrogen and oxygen atoms in total. The van der Waals surface area contributed by atoms with E-state index in [4.69, 9.17) is 0 Å². The highest BCUT2D eigenvalue weighted by atomic mass is 79.9. The number of hydrogen-bond donors (Lipinski definition) is 0. The number of nitrogens with zero attached hydrogens (tertiary/aromatic N) is 1. The zero-order valence-electron chi connectivity index (χ0n) is 8.47. The molecule has 9 heteroatoms. The normalized spacial score (nSPS) is 11.7. The maximum atomic E-state index is 12.6. The molecule has 0 spiro atoms. The van der Waals surface area contributed by atoms with Gasteiger partial charge in [-0.2, -0.15) is 0 Å². The molecule has 0 saturated heterocycles. The van der Waals surface area contributed by atoms with Crippen LogP contribution in [0.15, 0.2) is 6.07 Å². The van der Waals surface area contributed by atoms with Crippen LogP contribution in [0, 0.1) is 0 Å². The van der Waals surface area contributed by atoms with Crippen molar-refractivity contribution in [1.29, 1.82) is 0 Å². The number of halogens is 6. The molecule has 0 fully saturated rings. The fourth-order valence-corrected chi connectivity index (χ4v) is 1.56. The summed E-state index contributed by atoms with van der Waals surface area (Å²) in [7, 11) is 0. The van der Waals surface area contributed by atoms with Crippen molar-refractivity contribution in [2.75, 3.05) is 0 Å². The molecule has 0 unspecified atom stereocenters. The van der Waals surface area contributed by atoms with Gasteiger partial charge in [0.25, 0.3) is 6.43 Å². The van der Waals surface area contributed by atoms with Crippen LogP contribution in [0.2, 0.25) is 0 Å². The smallest absolute Gasteiger partial charge is 0.403 e. The highest BCUT2D eigenvalue weighted by Gasteiger charge is 2.35. The molecule has 1 aromatic rings. The lowest BCUT2D eigenvalue weighted by atomic mass is 10.2. The van der Waals surface area contributed by atoms with E-state index in [1.165, 1.54) is 0 Å². The van der Waals surface area contributed by atoms with Gasteiger partial charge in [0.1, 0.15) is 5.69 Å². The predicted octanol–water partition coefficient (Wildman–Crippen LogP) is 3.63. The molecular formula is C9H5BrF5NO2. The van der Waals surface area contributed by atoms with Crippen LogP contribution in [0.5, 0.6) is 5.75 Å². The van der Waals surface area contributed by atoms with Gasteiger partial charge in [0.15, 0.2) is 12.0 Å². The van der Waals surface area contributed by atoms with E-state index in [9.17, 15) is 26.7 Å². The van der Waals surface area contributed by atoms with Gasteiger partial charge in [-0.1, -0.05) is 15.9 Å². The van der Waals surface area contributed by atoms with Crippen molar-refractivity contribution in [3.63, 3.8) is 0 Å². The Morgan fingerprint density at radius 1 is 1.44 bits per heavy atom. The SMILES string of the molecule is O=Cc1cc(C(F)F)c(OC(F)(F)F)c(CBr)n1. The summed E-state index contributed by atoms with van der Waals surface area (Å²) in [5, 5.41) is -0.264. The fourth-order valence-electron chi connectivity index (χ4n) is 1.18. The van der Waals surface area contributed by atoms with Gasteiger partial charge in [-0.15, -0.1) is 13.2 Å². The minimum absolute atomic E-state index is 0.162. The predicted molar refractivity (Wildman–Crippen MR) is 53.9 cm³/mol. The molecule has 100 valence electrons. The molecule has 0 aliphatic rings. The Hall–Kier alpha value is -1.25. The third-order valence-electron chi connectivity index (χ3n) is 1.79. The van der Waals surface area contributed by atoms with Crippen molar-refractivity contribution in [1.82, 2.24) is 4.98 Å². The van der Waals surface area contributed by atoms with Gasteiger partial charge in [0, 0.05) is 5.33 Å².